The summed E-state index contributed by atoms with van der Waals surface area (Å²) in [5.74, 6) is 3.97. The van der Waals surface area contributed by atoms with Gasteiger partial charge in [0.05, 0.1) is 28.1 Å². The summed E-state index contributed by atoms with van der Waals surface area (Å²) in [5, 5.41) is 2.32. The quantitative estimate of drug-likeness (QED) is 0.157. The van der Waals surface area contributed by atoms with Gasteiger partial charge in [-0.1, -0.05) is 117 Å². The first kappa shape index (κ1) is 41.6. The summed E-state index contributed by atoms with van der Waals surface area (Å²) in [5.41, 5.74) is 11.1. The normalized spacial score (nSPS) is 13.2. The molecule has 5 heterocycles. The molecule has 0 saturated carbocycles. The second-order valence-electron chi connectivity index (χ2n) is 20.1. The number of hydrogen-bond donors (Lipinski definition) is 0. The second kappa shape index (κ2) is 15.7. The summed E-state index contributed by atoms with van der Waals surface area (Å²) < 4.78 is 9.02. The van der Waals surface area contributed by atoms with Crippen LogP contribution < -0.4 is 14.5 Å². The lowest BCUT2D eigenvalue weighted by molar-refractivity contribution is 0.483. The third-order valence-corrected chi connectivity index (χ3v) is 12.2. The number of hydrogen-bond acceptors (Lipinski definition) is 8. The van der Waals surface area contributed by atoms with Crippen molar-refractivity contribution < 1.29 is 4.74 Å². The summed E-state index contributed by atoms with van der Waals surface area (Å²) in [6, 6.07) is 42.5. The van der Waals surface area contributed by atoms with Crippen molar-refractivity contribution in [3.05, 3.63) is 170 Å². The molecule has 4 aromatic heterocycles. The molecule has 9 heteroatoms. The third kappa shape index (κ3) is 7.75. The molecule has 65 heavy (non-hydrogen) atoms. The van der Waals surface area contributed by atoms with Crippen LogP contribution in [0.4, 0.5) is 22.7 Å². The Kier molecular flexibility index (Phi) is 10.0. The molecule has 1 aliphatic heterocycles. The fourth-order valence-corrected chi connectivity index (χ4v) is 8.75. The predicted octanol–water partition coefficient (Wildman–Crippen LogP) is 14.0. The fourth-order valence-electron chi connectivity index (χ4n) is 8.75. The standard InChI is InChI=1S/C56H54N8O/c1-54(2,3)38-26-27-57-50(28-38)64-46-21-11-10-18-44(46)45-25-24-41(30-49(45)64)65-40-17-14-16-39(29-40)62-35-63(48-23-13-12-22-47(48)62)51-42(36-31-58-52(59-32-36)55(4,5)6)19-15-20-43(51)37-33-60-53(61-34-37)56(7,8)9/h10-34H,35H2,1-9H3. The van der Waals surface area contributed by atoms with Crippen LogP contribution in [0.5, 0.6) is 11.5 Å². The predicted molar refractivity (Wildman–Crippen MR) is 265 cm³/mol. The van der Waals surface area contributed by atoms with E-state index in [1.165, 1.54) is 10.9 Å². The van der Waals surface area contributed by atoms with E-state index in [4.69, 9.17) is 29.7 Å². The zero-order valence-electron chi connectivity index (χ0n) is 38.6. The third-order valence-electron chi connectivity index (χ3n) is 12.2. The van der Waals surface area contributed by atoms with Gasteiger partial charge < -0.3 is 14.5 Å². The number of rotatable bonds is 7. The maximum atomic E-state index is 6.77. The summed E-state index contributed by atoms with van der Waals surface area (Å²) >= 11 is 0. The van der Waals surface area contributed by atoms with Crippen molar-refractivity contribution in [1.29, 1.82) is 0 Å². The maximum Gasteiger partial charge on any atom is 0.137 e. The molecule has 324 valence electrons. The molecule has 0 spiro atoms. The molecule has 0 radical (unpaired) electrons. The minimum absolute atomic E-state index is 0.0189. The van der Waals surface area contributed by atoms with Gasteiger partial charge in [0, 0.05) is 92.7 Å². The molecule has 0 unspecified atom stereocenters. The van der Waals surface area contributed by atoms with E-state index in [0.717, 1.165) is 90.4 Å². The van der Waals surface area contributed by atoms with Crippen molar-refractivity contribution in [3.8, 4) is 39.6 Å². The lowest BCUT2D eigenvalue weighted by Crippen LogP contribution is -2.25. The van der Waals surface area contributed by atoms with Crippen LogP contribution in [0.1, 0.15) is 79.5 Å². The molecule has 0 aliphatic carbocycles. The molecule has 9 aromatic rings. The Hall–Kier alpha value is -7.39. The van der Waals surface area contributed by atoms with Crippen molar-refractivity contribution in [1.82, 2.24) is 29.5 Å². The Bertz CT molecular complexity index is 3150. The van der Waals surface area contributed by atoms with Crippen molar-refractivity contribution in [2.45, 2.75) is 78.6 Å². The van der Waals surface area contributed by atoms with Crippen molar-refractivity contribution in [2.24, 2.45) is 0 Å². The van der Waals surface area contributed by atoms with Gasteiger partial charge in [-0.3, -0.25) is 4.57 Å². The van der Waals surface area contributed by atoms with Crippen molar-refractivity contribution >= 4 is 44.6 Å². The average molecular weight is 855 g/mol. The number of para-hydroxylation sites is 4. The van der Waals surface area contributed by atoms with Gasteiger partial charge in [0.15, 0.2) is 0 Å². The maximum absolute atomic E-state index is 6.77. The highest BCUT2D eigenvalue weighted by Gasteiger charge is 2.32. The van der Waals surface area contributed by atoms with E-state index in [0.29, 0.717) is 6.67 Å². The highest BCUT2D eigenvalue weighted by atomic mass is 16.5. The molecule has 0 fully saturated rings. The van der Waals surface area contributed by atoms with Crippen LogP contribution in [0.15, 0.2) is 152 Å². The van der Waals surface area contributed by atoms with Gasteiger partial charge in [-0.15, -0.1) is 0 Å². The van der Waals surface area contributed by atoms with E-state index in [1.807, 2.05) is 37.1 Å². The molecule has 0 bridgehead atoms. The number of fused-ring (bicyclic) bond motifs is 4. The van der Waals surface area contributed by atoms with Crippen LogP contribution in [-0.2, 0) is 16.2 Å². The number of ether oxygens (including phenoxy) is 1. The Morgan fingerprint density at radius 1 is 0.477 bits per heavy atom. The molecule has 9 nitrogen and oxygen atoms in total. The Labute approximate surface area is 381 Å². The van der Waals surface area contributed by atoms with Crippen LogP contribution in [0.2, 0.25) is 0 Å². The summed E-state index contributed by atoms with van der Waals surface area (Å²) in [7, 11) is 0. The van der Waals surface area contributed by atoms with Gasteiger partial charge in [0.1, 0.15) is 35.6 Å². The monoisotopic (exact) mass is 854 g/mol. The van der Waals surface area contributed by atoms with Gasteiger partial charge in [0.25, 0.3) is 0 Å². The SMILES string of the molecule is CC(C)(C)c1ccnc(-n2c3ccccc3c3ccc(Oc4cccc(N5CN(c6c(-c7cnc(C(C)(C)C)nc7)cccc6-c6cnc(C(C)(C)C)nc6)c6ccccc65)c4)cc32)c1. The number of pyridine rings is 1. The highest BCUT2D eigenvalue weighted by molar-refractivity contribution is 6.09. The summed E-state index contributed by atoms with van der Waals surface area (Å²) in [4.78, 5) is 29.1. The van der Waals surface area contributed by atoms with Crippen LogP contribution in [0, 0.1) is 0 Å². The Balaban J connectivity index is 1.04. The molecule has 5 aromatic carbocycles. The number of nitrogens with zero attached hydrogens (tertiary/aromatic N) is 8. The van der Waals surface area contributed by atoms with E-state index in [1.54, 1.807) is 0 Å². The van der Waals surface area contributed by atoms with Gasteiger partial charge in [-0.2, -0.15) is 0 Å². The molecule has 1 aliphatic rings. The fraction of sp³-hybridized carbons (Fsp3) is 0.232. The molecular formula is C56H54N8O. The number of aromatic nitrogens is 6. The van der Waals surface area contributed by atoms with Gasteiger partial charge in [-0.05, 0) is 65.6 Å². The van der Waals surface area contributed by atoms with Gasteiger partial charge in [-0.25, -0.2) is 24.9 Å². The molecule has 10 rings (SSSR count). The van der Waals surface area contributed by atoms with E-state index < -0.39 is 0 Å². The lowest BCUT2D eigenvalue weighted by atomic mass is 9.88. The van der Waals surface area contributed by atoms with Gasteiger partial charge >= 0.3 is 0 Å². The van der Waals surface area contributed by atoms with E-state index in [-0.39, 0.29) is 16.2 Å². The van der Waals surface area contributed by atoms with Crippen molar-refractivity contribution in [3.63, 3.8) is 0 Å². The lowest BCUT2D eigenvalue weighted by Gasteiger charge is -2.27. The first-order chi connectivity index (χ1) is 31.1. The largest absolute Gasteiger partial charge is 0.457 e. The smallest absolute Gasteiger partial charge is 0.137 e. The number of benzene rings is 5. The average Bonchev–Trinajstić information content (AvgIpc) is 3.84. The Morgan fingerprint density at radius 2 is 1.05 bits per heavy atom. The second-order valence-corrected chi connectivity index (χ2v) is 20.1. The van der Waals surface area contributed by atoms with Crippen LogP contribution >= 0.6 is 0 Å². The van der Waals surface area contributed by atoms with Crippen LogP contribution in [0.3, 0.4) is 0 Å². The Morgan fingerprint density at radius 3 is 1.68 bits per heavy atom. The minimum atomic E-state index is -0.176. The molecular weight excluding hydrogens is 801 g/mol. The van der Waals surface area contributed by atoms with Crippen LogP contribution in [-0.4, -0.2) is 36.2 Å². The van der Waals surface area contributed by atoms with Crippen LogP contribution in [0.25, 0.3) is 49.9 Å². The minimum Gasteiger partial charge on any atom is -0.457 e. The first-order valence-electron chi connectivity index (χ1n) is 22.3. The summed E-state index contributed by atoms with van der Waals surface area (Å²) in [6.45, 7) is 20.0. The molecule has 0 saturated heterocycles. The van der Waals surface area contributed by atoms with E-state index in [9.17, 15) is 0 Å². The molecule has 0 atom stereocenters. The summed E-state index contributed by atoms with van der Waals surface area (Å²) in [6.07, 6.45) is 9.72. The zero-order chi connectivity index (χ0) is 45.3. The van der Waals surface area contributed by atoms with Gasteiger partial charge in [0.2, 0.25) is 0 Å². The molecule has 0 N–H and O–H groups in total. The first-order valence-corrected chi connectivity index (χ1v) is 22.3. The van der Waals surface area contributed by atoms with Crippen molar-refractivity contribution in [2.75, 3.05) is 16.5 Å². The molecule has 0 amide bonds. The topological polar surface area (TPSA) is 85.1 Å². The van der Waals surface area contributed by atoms with E-state index in [2.05, 4.69) is 192 Å². The highest BCUT2D eigenvalue weighted by Crippen LogP contribution is 2.50. The zero-order valence-corrected chi connectivity index (χ0v) is 38.6. The number of anilines is 4. The van der Waals surface area contributed by atoms with E-state index >= 15 is 0 Å².